The van der Waals surface area contributed by atoms with E-state index in [0.29, 0.717) is 24.3 Å². The van der Waals surface area contributed by atoms with Crippen molar-refractivity contribution in [3.63, 3.8) is 0 Å². The average Bonchev–Trinajstić information content (AvgIpc) is 2.36. The maximum Gasteiger partial charge on any atom is 0.170 e. The number of morpholine rings is 1. The zero-order valence-corrected chi connectivity index (χ0v) is 11.0. The number of nitrogens with zero attached hydrogens (tertiary/aromatic N) is 2. The number of oxime groups is 1. The molecule has 1 heterocycles. The van der Waals surface area contributed by atoms with Gasteiger partial charge in [0.15, 0.2) is 5.84 Å². The van der Waals surface area contributed by atoms with Gasteiger partial charge in [-0.05, 0) is 32.0 Å². The Hall–Kier alpha value is -1.82. The van der Waals surface area contributed by atoms with E-state index in [-0.39, 0.29) is 23.9 Å². The van der Waals surface area contributed by atoms with Crippen LogP contribution in [0, 0.1) is 5.82 Å². The summed E-state index contributed by atoms with van der Waals surface area (Å²) >= 11 is 0. The average molecular weight is 267 g/mol. The van der Waals surface area contributed by atoms with Gasteiger partial charge in [-0.3, -0.25) is 0 Å². The van der Waals surface area contributed by atoms with Gasteiger partial charge in [0, 0.05) is 18.7 Å². The van der Waals surface area contributed by atoms with E-state index in [1.165, 1.54) is 6.07 Å². The second-order valence-corrected chi connectivity index (χ2v) is 4.81. The van der Waals surface area contributed by atoms with Gasteiger partial charge in [0.25, 0.3) is 0 Å². The van der Waals surface area contributed by atoms with Crippen molar-refractivity contribution >= 4 is 11.5 Å². The minimum Gasteiger partial charge on any atom is -0.409 e. The summed E-state index contributed by atoms with van der Waals surface area (Å²) in [4.78, 5) is 1.95. The SMILES string of the molecule is C[C@@H]1CN(c2ccc(/C(N)=N/O)cc2F)C[C@H](C)O1. The minimum absolute atomic E-state index is 0.0619. The standard InChI is InChI=1S/C13H18FN3O2/c1-8-6-17(7-9(2)19-8)12-4-3-10(5-11(12)14)13(15)16-18/h3-5,8-9,18H,6-7H2,1-2H3,(H2,15,16)/t8-,9+. The highest BCUT2D eigenvalue weighted by Gasteiger charge is 2.24. The van der Waals surface area contributed by atoms with Gasteiger partial charge >= 0.3 is 0 Å². The molecule has 5 nitrogen and oxygen atoms in total. The predicted molar refractivity (Wildman–Crippen MR) is 71.1 cm³/mol. The second-order valence-electron chi connectivity index (χ2n) is 4.81. The molecule has 1 aromatic carbocycles. The molecule has 0 spiro atoms. The molecule has 0 amide bonds. The van der Waals surface area contributed by atoms with Crippen LogP contribution in [0.3, 0.4) is 0 Å². The molecule has 0 aliphatic carbocycles. The van der Waals surface area contributed by atoms with E-state index in [1.807, 2.05) is 18.7 Å². The van der Waals surface area contributed by atoms with Crippen molar-refractivity contribution in [3.8, 4) is 0 Å². The highest BCUT2D eigenvalue weighted by molar-refractivity contribution is 5.97. The molecule has 1 aromatic rings. The lowest BCUT2D eigenvalue weighted by molar-refractivity contribution is -0.00539. The fourth-order valence-corrected chi connectivity index (χ4v) is 2.36. The summed E-state index contributed by atoms with van der Waals surface area (Å²) in [5.74, 6) is -0.487. The van der Waals surface area contributed by atoms with E-state index >= 15 is 0 Å². The van der Waals surface area contributed by atoms with Crippen LogP contribution in [0.2, 0.25) is 0 Å². The maximum absolute atomic E-state index is 14.1. The Bertz CT molecular complexity index is 483. The van der Waals surface area contributed by atoms with Gasteiger partial charge in [0.1, 0.15) is 5.82 Å². The first kappa shape index (κ1) is 13.6. The van der Waals surface area contributed by atoms with Crippen LogP contribution in [0.4, 0.5) is 10.1 Å². The lowest BCUT2D eigenvalue weighted by Gasteiger charge is -2.37. The van der Waals surface area contributed by atoms with Crippen LogP contribution in [0.15, 0.2) is 23.4 Å². The fraction of sp³-hybridized carbons (Fsp3) is 0.462. The third-order valence-electron chi connectivity index (χ3n) is 3.11. The summed E-state index contributed by atoms with van der Waals surface area (Å²) in [6.07, 6.45) is 0.124. The molecule has 2 atom stereocenters. The van der Waals surface area contributed by atoms with Crippen molar-refractivity contribution in [1.82, 2.24) is 0 Å². The molecule has 0 saturated carbocycles. The normalized spacial score (nSPS) is 24.6. The quantitative estimate of drug-likeness (QED) is 0.369. The Morgan fingerprint density at radius 1 is 1.42 bits per heavy atom. The zero-order valence-electron chi connectivity index (χ0n) is 11.0. The first-order valence-corrected chi connectivity index (χ1v) is 6.19. The molecule has 0 unspecified atom stereocenters. The monoisotopic (exact) mass is 267 g/mol. The lowest BCUT2D eigenvalue weighted by atomic mass is 10.1. The Labute approximate surface area is 111 Å². The van der Waals surface area contributed by atoms with Crippen molar-refractivity contribution in [2.75, 3.05) is 18.0 Å². The first-order chi connectivity index (χ1) is 9.01. The Kier molecular flexibility index (Phi) is 3.90. The van der Waals surface area contributed by atoms with Crippen molar-refractivity contribution in [2.24, 2.45) is 10.9 Å². The van der Waals surface area contributed by atoms with Gasteiger partial charge in [0.2, 0.25) is 0 Å². The summed E-state index contributed by atoms with van der Waals surface area (Å²) in [6.45, 7) is 5.21. The highest BCUT2D eigenvalue weighted by atomic mass is 19.1. The molecule has 19 heavy (non-hydrogen) atoms. The van der Waals surface area contributed by atoms with Crippen LogP contribution in [0.25, 0.3) is 0 Å². The van der Waals surface area contributed by atoms with Gasteiger partial charge in [-0.15, -0.1) is 0 Å². The van der Waals surface area contributed by atoms with Crippen LogP contribution in [-0.4, -0.2) is 36.3 Å². The van der Waals surface area contributed by atoms with Crippen LogP contribution < -0.4 is 10.6 Å². The fourth-order valence-electron chi connectivity index (χ4n) is 2.36. The molecule has 6 heteroatoms. The summed E-state index contributed by atoms with van der Waals surface area (Å²) < 4.78 is 19.7. The molecule has 1 fully saturated rings. The van der Waals surface area contributed by atoms with E-state index in [0.717, 1.165) is 0 Å². The molecule has 2 rings (SSSR count). The largest absolute Gasteiger partial charge is 0.409 e. The van der Waals surface area contributed by atoms with Crippen molar-refractivity contribution < 1.29 is 14.3 Å². The minimum atomic E-state index is -0.384. The number of halogens is 1. The van der Waals surface area contributed by atoms with E-state index < -0.39 is 0 Å². The molecular formula is C13H18FN3O2. The molecule has 3 N–H and O–H groups in total. The topological polar surface area (TPSA) is 71.1 Å². The lowest BCUT2D eigenvalue weighted by Crippen LogP contribution is -2.45. The third-order valence-corrected chi connectivity index (χ3v) is 3.11. The molecular weight excluding hydrogens is 249 g/mol. The number of anilines is 1. The number of hydrogen-bond acceptors (Lipinski definition) is 4. The van der Waals surface area contributed by atoms with Gasteiger partial charge in [-0.2, -0.15) is 0 Å². The Morgan fingerprint density at radius 3 is 2.58 bits per heavy atom. The van der Waals surface area contributed by atoms with E-state index in [4.69, 9.17) is 15.7 Å². The van der Waals surface area contributed by atoms with Crippen molar-refractivity contribution in [1.29, 1.82) is 0 Å². The van der Waals surface area contributed by atoms with Crippen LogP contribution >= 0.6 is 0 Å². The van der Waals surface area contributed by atoms with Gasteiger partial charge < -0.3 is 20.6 Å². The van der Waals surface area contributed by atoms with Crippen LogP contribution in [0.1, 0.15) is 19.4 Å². The number of hydrogen-bond donors (Lipinski definition) is 2. The van der Waals surface area contributed by atoms with Gasteiger partial charge in [0.05, 0.1) is 17.9 Å². The number of ether oxygens (including phenoxy) is 1. The Balaban J connectivity index is 2.26. The Morgan fingerprint density at radius 2 is 2.05 bits per heavy atom. The van der Waals surface area contributed by atoms with E-state index in [9.17, 15) is 4.39 Å². The van der Waals surface area contributed by atoms with Crippen LogP contribution in [-0.2, 0) is 4.74 Å². The highest BCUT2D eigenvalue weighted by Crippen LogP contribution is 2.24. The molecule has 0 radical (unpaired) electrons. The van der Waals surface area contributed by atoms with Crippen LogP contribution in [0.5, 0.6) is 0 Å². The molecule has 1 aliphatic heterocycles. The van der Waals surface area contributed by atoms with Crippen molar-refractivity contribution in [2.45, 2.75) is 26.1 Å². The molecule has 0 bridgehead atoms. The van der Waals surface area contributed by atoms with E-state index in [1.54, 1.807) is 12.1 Å². The maximum atomic E-state index is 14.1. The van der Waals surface area contributed by atoms with Gasteiger partial charge in [-0.1, -0.05) is 5.16 Å². The number of nitrogens with two attached hydrogens (primary N) is 1. The summed E-state index contributed by atoms with van der Waals surface area (Å²) in [5, 5.41) is 11.4. The molecule has 1 saturated heterocycles. The second kappa shape index (κ2) is 5.44. The van der Waals surface area contributed by atoms with Gasteiger partial charge in [-0.25, -0.2) is 4.39 Å². The third kappa shape index (κ3) is 2.96. The number of amidine groups is 1. The first-order valence-electron chi connectivity index (χ1n) is 6.19. The molecule has 104 valence electrons. The summed E-state index contributed by atoms with van der Waals surface area (Å²) in [7, 11) is 0. The smallest absolute Gasteiger partial charge is 0.170 e. The summed E-state index contributed by atoms with van der Waals surface area (Å²) in [6, 6.07) is 4.56. The zero-order chi connectivity index (χ0) is 14.0. The molecule has 1 aliphatic rings. The molecule has 0 aromatic heterocycles. The summed E-state index contributed by atoms with van der Waals surface area (Å²) in [5.41, 5.74) is 6.31. The van der Waals surface area contributed by atoms with Crippen molar-refractivity contribution in [3.05, 3.63) is 29.6 Å². The number of benzene rings is 1. The predicted octanol–water partition coefficient (Wildman–Crippen LogP) is 1.53. The van der Waals surface area contributed by atoms with E-state index in [2.05, 4.69) is 5.16 Å². The number of rotatable bonds is 2.